The average molecular weight is 254 g/mol. The van der Waals surface area contributed by atoms with E-state index in [4.69, 9.17) is 5.73 Å². The third kappa shape index (κ3) is 2.18. The normalized spacial score (nSPS) is 19.0. The second-order valence-electron chi connectivity index (χ2n) is 4.15. The van der Waals surface area contributed by atoms with Crippen LogP contribution >= 0.6 is 15.9 Å². The molecule has 1 aliphatic carbocycles. The van der Waals surface area contributed by atoms with Gasteiger partial charge in [-0.15, -0.1) is 0 Å². The smallest absolute Gasteiger partial charge is 0.0207 e. The number of hydrogen-bond donors (Lipinski definition) is 1. The number of benzene rings is 1. The molecule has 2 heteroatoms. The molecule has 2 rings (SSSR count). The Balaban J connectivity index is 1.99. The summed E-state index contributed by atoms with van der Waals surface area (Å²) < 4.78 is 1.19. The predicted molar refractivity (Wildman–Crippen MR) is 63.2 cm³/mol. The Bertz CT molecular complexity index is 307. The zero-order valence-electron chi connectivity index (χ0n) is 8.25. The molecule has 0 bridgehead atoms. The van der Waals surface area contributed by atoms with Crippen LogP contribution in [0.2, 0.25) is 0 Å². The van der Waals surface area contributed by atoms with Gasteiger partial charge in [-0.3, -0.25) is 0 Å². The van der Waals surface area contributed by atoms with Crippen LogP contribution in [0.25, 0.3) is 0 Å². The molecule has 0 radical (unpaired) electrons. The molecule has 1 atom stereocenters. The molecule has 1 aromatic rings. The minimum absolute atomic E-state index is 0.349. The van der Waals surface area contributed by atoms with Gasteiger partial charge in [-0.05, 0) is 36.8 Å². The molecule has 1 unspecified atom stereocenters. The van der Waals surface area contributed by atoms with Gasteiger partial charge in [-0.25, -0.2) is 0 Å². The van der Waals surface area contributed by atoms with Crippen LogP contribution < -0.4 is 5.73 Å². The molecule has 14 heavy (non-hydrogen) atoms. The molecule has 1 aromatic carbocycles. The van der Waals surface area contributed by atoms with Crippen molar-refractivity contribution in [1.82, 2.24) is 0 Å². The Morgan fingerprint density at radius 1 is 1.36 bits per heavy atom. The van der Waals surface area contributed by atoms with Gasteiger partial charge in [0.05, 0.1) is 0 Å². The second-order valence-corrected chi connectivity index (χ2v) is 5.00. The van der Waals surface area contributed by atoms with Crippen LogP contribution in [-0.2, 0) is 6.42 Å². The summed E-state index contributed by atoms with van der Waals surface area (Å²) in [5.41, 5.74) is 7.50. The van der Waals surface area contributed by atoms with Crippen molar-refractivity contribution < 1.29 is 0 Å². The van der Waals surface area contributed by atoms with Crippen molar-refractivity contribution in [3.05, 3.63) is 34.3 Å². The highest BCUT2D eigenvalue weighted by molar-refractivity contribution is 9.10. The minimum atomic E-state index is 0.349. The first-order chi connectivity index (χ1) is 6.77. The summed E-state index contributed by atoms with van der Waals surface area (Å²) in [4.78, 5) is 0. The predicted octanol–water partition coefficient (Wildman–Crippen LogP) is 3.12. The average Bonchev–Trinajstić information content (AvgIpc) is 2.05. The summed E-state index contributed by atoms with van der Waals surface area (Å²) in [6.45, 7) is 0. The zero-order chi connectivity index (χ0) is 9.97. The van der Waals surface area contributed by atoms with E-state index in [-0.39, 0.29) is 0 Å². The van der Waals surface area contributed by atoms with Crippen molar-refractivity contribution in [3.63, 3.8) is 0 Å². The molecule has 0 saturated heterocycles. The van der Waals surface area contributed by atoms with Crippen molar-refractivity contribution in [3.8, 4) is 0 Å². The molecule has 1 saturated carbocycles. The highest BCUT2D eigenvalue weighted by Gasteiger charge is 2.24. The quantitative estimate of drug-likeness (QED) is 0.881. The number of nitrogens with two attached hydrogens (primary N) is 1. The van der Waals surface area contributed by atoms with Gasteiger partial charge in [-0.2, -0.15) is 0 Å². The maximum absolute atomic E-state index is 6.16. The molecule has 0 amide bonds. The van der Waals surface area contributed by atoms with Gasteiger partial charge < -0.3 is 5.73 Å². The van der Waals surface area contributed by atoms with E-state index in [0.29, 0.717) is 6.04 Å². The molecule has 0 aromatic heterocycles. The van der Waals surface area contributed by atoms with Crippen LogP contribution in [-0.4, -0.2) is 6.04 Å². The first-order valence-electron chi connectivity index (χ1n) is 5.26. The van der Waals surface area contributed by atoms with Crippen molar-refractivity contribution >= 4 is 15.9 Å². The van der Waals surface area contributed by atoms with Gasteiger partial charge in [0.1, 0.15) is 0 Å². The molecular weight excluding hydrogens is 238 g/mol. The van der Waals surface area contributed by atoms with Gasteiger partial charge in [0.2, 0.25) is 0 Å². The van der Waals surface area contributed by atoms with Gasteiger partial charge in [0.25, 0.3) is 0 Å². The van der Waals surface area contributed by atoms with E-state index < -0.39 is 0 Å². The Morgan fingerprint density at radius 2 is 2.07 bits per heavy atom. The standard InChI is InChI=1S/C12H16BrN/c13-11-7-2-1-4-10(11)8-12(14)9-5-3-6-9/h1-2,4,7,9,12H,3,5-6,8,14H2. The number of hydrogen-bond acceptors (Lipinski definition) is 1. The van der Waals surface area contributed by atoms with E-state index in [1.54, 1.807) is 0 Å². The van der Waals surface area contributed by atoms with Crippen LogP contribution in [0, 0.1) is 5.92 Å². The number of rotatable bonds is 3. The SMILES string of the molecule is NC(Cc1ccccc1Br)C1CCC1. The topological polar surface area (TPSA) is 26.0 Å². The fourth-order valence-electron chi connectivity index (χ4n) is 1.95. The van der Waals surface area contributed by atoms with E-state index in [0.717, 1.165) is 12.3 Å². The molecule has 76 valence electrons. The largest absolute Gasteiger partial charge is 0.327 e. The summed E-state index contributed by atoms with van der Waals surface area (Å²) in [5, 5.41) is 0. The Morgan fingerprint density at radius 3 is 2.64 bits per heavy atom. The first kappa shape index (κ1) is 10.2. The van der Waals surface area contributed by atoms with Crippen LogP contribution in [0.1, 0.15) is 24.8 Å². The van der Waals surface area contributed by atoms with Gasteiger partial charge >= 0.3 is 0 Å². The Labute approximate surface area is 93.8 Å². The maximum Gasteiger partial charge on any atom is 0.0207 e. The van der Waals surface area contributed by atoms with Crippen LogP contribution in [0.15, 0.2) is 28.7 Å². The molecule has 0 aliphatic heterocycles. The molecular formula is C12H16BrN. The molecule has 1 nitrogen and oxygen atoms in total. The Kier molecular flexibility index (Phi) is 3.24. The lowest BCUT2D eigenvalue weighted by Gasteiger charge is -2.31. The van der Waals surface area contributed by atoms with E-state index in [2.05, 4.69) is 34.1 Å². The minimum Gasteiger partial charge on any atom is -0.327 e. The van der Waals surface area contributed by atoms with Gasteiger partial charge in [0, 0.05) is 10.5 Å². The summed E-state index contributed by atoms with van der Waals surface area (Å²) in [6, 6.07) is 8.71. The monoisotopic (exact) mass is 253 g/mol. The van der Waals surface area contributed by atoms with Crippen LogP contribution in [0.3, 0.4) is 0 Å². The fourth-order valence-corrected chi connectivity index (χ4v) is 2.40. The maximum atomic E-state index is 6.16. The van der Waals surface area contributed by atoms with E-state index >= 15 is 0 Å². The zero-order valence-corrected chi connectivity index (χ0v) is 9.83. The Hall–Kier alpha value is -0.340. The molecule has 1 fully saturated rings. The molecule has 1 aliphatic rings. The van der Waals surface area contributed by atoms with Gasteiger partial charge in [0.15, 0.2) is 0 Å². The van der Waals surface area contributed by atoms with Crippen LogP contribution in [0.4, 0.5) is 0 Å². The van der Waals surface area contributed by atoms with Crippen molar-refractivity contribution in [1.29, 1.82) is 0 Å². The third-order valence-corrected chi connectivity index (χ3v) is 3.94. The lowest BCUT2D eigenvalue weighted by Crippen LogP contribution is -2.36. The van der Waals surface area contributed by atoms with Crippen molar-refractivity contribution in [2.24, 2.45) is 11.7 Å². The number of halogens is 1. The van der Waals surface area contributed by atoms with Crippen LogP contribution in [0.5, 0.6) is 0 Å². The summed E-state index contributed by atoms with van der Waals surface area (Å²) in [6.07, 6.45) is 5.03. The van der Waals surface area contributed by atoms with Crippen molar-refractivity contribution in [2.45, 2.75) is 31.7 Å². The molecule has 0 spiro atoms. The second kappa shape index (κ2) is 4.45. The van der Waals surface area contributed by atoms with Crippen molar-refractivity contribution in [2.75, 3.05) is 0 Å². The summed E-state index contributed by atoms with van der Waals surface area (Å²) in [7, 11) is 0. The first-order valence-corrected chi connectivity index (χ1v) is 6.05. The van der Waals surface area contributed by atoms with E-state index in [1.165, 1.54) is 29.3 Å². The fraction of sp³-hybridized carbons (Fsp3) is 0.500. The summed E-state index contributed by atoms with van der Waals surface area (Å²) in [5.74, 6) is 0.766. The third-order valence-electron chi connectivity index (χ3n) is 3.17. The summed E-state index contributed by atoms with van der Waals surface area (Å²) >= 11 is 3.56. The lowest BCUT2D eigenvalue weighted by molar-refractivity contribution is 0.260. The highest BCUT2D eigenvalue weighted by atomic mass is 79.9. The lowest BCUT2D eigenvalue weighted by atomic mass is 9.78. The van der Waals surface area contributed by atoms with Gasteiger partial charge in [-0.1, -0.05) is 40.5 Å². The molecule has 0 heterocycles. The molecule has 2 N–H and O–H groups in total. The highest BCUT2D eigenvalue weighted by Crippen LogP contribution is 2.30. The van der Waals surface area contributed by atoms with E-state index in [9.17, 15) is 0 Å². The van der Waals surface area contributed by atoms with E-state index in [1.807, 2.05) is 6.07 Å².